The molecule has 3 rings (SSSR count). The lowest BCUT2D eigenvalue weighted by Gasteiger charge is -2.32. The number of carbonyl (C=O) groups is 1. The molecule has 1 saturated heterocycles. The molecule has 1 aromatic heterocycles. The monoisotopic (exact) mass is 341 g/mol. The van der Waals surface area contributed by atoms with E-state index in [1.807, 2.05) is 30.3 Å². The van der Waals surface area contributed by atoms with Crippen molar-refractivity contribution < 1.29 is 14.6 Å². The minimum absolute atomic E-state index is 0.180. The summed E-state index contributed by atoms with van der Waals surface area (Å²) < 4.78 is 5.75. The molecule has 0 radical (unpaired) electrons. The van der Waals surface area contributed by atoms with E-state index in [4.69, 9.17) is 4.74 Å². The number of piperidine rings is 1. The van der Waals surface area contributed by atoms with Gasteiger partial charge < -0.3 is 9.84 Å². The molecule has 1 fully saturated rings. The van der Waals surface area contributed by atoms with Gasteiger partial charge in [0.15, 0.2) is 0 Å². The Kier molecular flexibility index (Phi) is 5.60. The minimum Gasteiger partial charge on any atom is -0.492 e. The van der Waals surface area contributed by atoms with Crippen LogP contribution < -0.4 is 4.74 Å². The molecule has 2 heterocycles. The minimum atomic E-state index is -0.950. The number of aromatic carboxylic acids is 1. The fraction of sp³-hybridized carbons (Fsp3) is 0.421. The summed E-state index contributed by atoms with van der Waals surface area (Å²) in [5.41, 5.74) is 0.914. The van der Waals surface area contributed by atoms with E-state index in [2.05, 4.69) is 14.9 Å². The third-order valence-electron chi connectivity index (χ3n) is 4.56. The number of likely N-dealkylation sites (tertiary alicyclic amines) is 1. The SMILES string of the molecule is Cc1ncc(C(=O)O)c(C2CCN(CCOc3ccccc3)CC2)n1. The zero-order chi connectivity index (χ0) is 17.6. The Labute approximate surface area is 147 Å². The predicted octanol–water partition coefficient (Wildman–Crippen LogP) is 2.74. The van der Waals surface area contributed by atoms with Crippen LogP contribution in [0.1, 0.15) is 40.6 Å². The van der Waals surface area contributed by atoms with E-state index in [-0.39, 0.29) is 11.5 Å². The van der Waals surface area contributed by atoms with Crippen LogP contribution in [-0.4, -0.2) is 52.2 Å². The summed E-state index contributed by atoms with van der Waals surface area (Å²) in [6.45, 7) is 5.17. The zero-order valence-corrected chi connectivity index (χ0v) is 14.4. The van der Waals surface area contributed by atoms with E-state index in [0.717, 1.165) is 38.2 Å². The number of aromatic nitrogens is 2. The number of nitrogens with zero attached hydrogens (tertiary/aromatic N) is 3. The van der Waals surface area contributed by atoms with Crippen LogP contribution in [-0.2, 0) is 0 Å². The number of ether oxygens (including phenoxy) is 1. The molecule has 0 saturated carbocycles. The summed E-state index contributed by atoms with van der Waals surface area (Å²) in [6.07, 6.45) is 3.24. The highest BCUT2D eigenvalue weighted by Crippen LogP contribution is 2.29. The molecule has 0 bridgehead atoms. The molecule has 1 aromatic carbocycles. The number of benzene rings is 1. The first-order valence-corrected chi connectivity index (χ1v) is 8.60. The average Bonchev–Trinajstić information content (AvgIpc) is 2.63. The quantitative estimate of drug-likeness (QED) is 0.871. The molecule has 25 heavy (non-hydrogen) atoms. The molecule has 0 amide bonds. The van der Waals surface area contributed by atoms with Crippen molar-refractivity contribution in [3.8, 4) is 5.75 Å². The van der Waals surface area contributed by atoms with Crippen molar-refractivity contribution >= 4 is 5.97 Å². The van der Waals surface area contributed by atoms with Crippen molar-refractivity contribution in [2.75, 3.05) is 26.2 Å². The molecule has 132 valence electrons. The fourth-order valence-electron chi connectivity index (χ4n) is 3.20. The maximum Gasteiger partial charge on any atom is 0.339 e. The molecule has 6 heteroatoms. The summed E-state index contributed by atoms with van der Waals surface area (Å²) in [6, 6.07) is 9.81. The normalized spacial score (nSPS) is 15.9. The first-order valence-electron chi connectivity index (χ1n) is 8.60. The van der Waals surface area contributed by atoms with Gasteiger partial charge in [-0.1, -0.05) is 18.2 Å². The van der Waals surface area contributed by atoms with Crippen molar-refractivity contribution in [3.63, 3.8) is 0 Å². The number of hydrogen-bond donors (Lipinski definition) is 1. The van der Waals surface area contributed by atoms with Crippen LogP contribution in [0.2, 0.25) is 0 Å². The molecule has 6 nitrogen and oxygen atoms in total. The lowest BCUT2D eigenvalue weighted by atomic mass is 9.91. The number of aryl methyl sites for hydroxylation is 1. The molecule has 0 spiro atoms. The molecule has 0 atom stereocenters. The number of rotatable bonds is 6. The van der Waals surface area contributed by atoms with Crippen molar-refractivity contribution in [1.29, 1.82) is 0 Å². The van der Waals surface area contributed by atoms with E-state index >= 15 is 0 Å². The van der Waals surface area contributed by atoms with Crippen LogP contribution in [0.25, 0.3) is 0 Å². The Morgan fingerprint density at radius 3 is 2.68 bits per heavy atom. The van der Waals surface area contributed by atoms with Gasteiger partial charge in [-0.2, -0.15) is 0 Å². The van der Waals surface area contributed by atoms with Crippen LogP contribution in [0.3, 0.4) is 0 Å². The van der Waals surface area contributed by atoms with Crippen molar-refractivity contribution in [2.45, 2.75) is 25.7 Å². The molecule has 1 N–H and O–H groups in total. The highest BCUT2D eigenvalue weighted by Gasteiger charge is 2.26. The molecular weight excluding hydrogens is 318 g/mol. The van der Waals surface area contributed by atoms with Crippen LogP contribution in [0, 0.1) is 6.92 Å². The molecule has 1 aliphatic rings. The fourth-order valence-corrected chi connectivity index (χ4v) is 3.20. The zero-order valence-electron chi connectivity index (χ0n) is 14.4. The van der Waals surface area contributed by atoms with Gasteiger partial charge in [-0.3, -0.25) is 4.90 Å². The van der Waals surface area contributed by atoms with Gasteiger partial charge in [0.05, 0.1) is 11.3 Å². The highest BCUT2D eigenvalue weighted by molar-refractivity contribution is 5.88. The van der Waals surface area contributed by atoms with Crippen LogP contribution >= 0.6 is 0 Å². The van der Waals surface area contributed by atoms with Gasteiger partial charge in [-0.25, -0.2) is 14.8 Å². The molecule has 0 unspecified atom stereocenters. The molecule has 2 aromatic rings. The second kappa shape index (κ2) is 8.07. The molecule has 0 aliphatic carbocycles. The van der Waals surface area contributed by atoms with E-state index in [9.17, 15) is 9.90 Å². The van der Waals surface area contributed by atoms with Crippen LogP contribution in [0.15, 0.2) is 36.5 Å². The Hall–Kier alpha value is -2.47. The standard InChI is InChI=1S/C19H23N3O3/c1-14-20-13-17(19(23)24)18(21-14)15-7-9-22(10-8-15)11-12-25-16-5-3-2-4-6-16/h2-6,13,15H,7-12H2,1H3,(H,23,24). The lowest BCUT2D eigenvalue weighted by molar-refractivity contribution is 0.0693. The molecular formula is C19H23N3O3. The highest BCUT2D eigenvalue weighted by atomic mass is 16.5. The first-order chi connectivity index (χ1) is 12.1. The van der Waals surface area contributed by atoms with Gasteiger partial charge in [0.25, 0.3) is 0 Å². The number of carboxylic acids is 1. The molecule has 1 aliphatic heterocycles. The van der Waals surface area contributed by atoms with E-state index in [0.29, 0.717) is 18.1 Å². The third kappa shape index (κ3) is 4.54. The smallest absolute Gasteiger partial charge is 0.339 e. The maximum atomic E-state index is 11.4. The van der Waals surface area contributed by atoms with Crippen LogP contribution in [0.4, 0.5) is 0 Å². The number of hydrogen-bond acceptors (Lipinski definition) is 5. The maximum absolute atomic E-state index is 11.4. The summed E-state index contributed by atoms with van der Waals surface area (Å²) in [4.78, 5) is 22.2. The summed E-state index contributed by atoms with van der Waals surface area (Å²) >= 11 is 0. The topological polar surface area (TPSA) is 75.5 Å². The summed E-state index contributed by atoms with van der Waals surface area (Å²) in [5, 5.41) is 9.36. The van der Waals surface area contributed by atoms with Crippen molar-refractivity contribution in [1.82, 2.24) is 14.9 Å². The van der Waals surface area contributed by atoms with E-state index in [1.54, 1.807) is 6.92 Å². The second-order valence-corrected chi connectivity index (χ2v) is 6.30. The number of para-hydroxylation sites is 1. The van der Waals surface area contributed by atoms with Crippen LogP contribution in [0.5, 0.6) is 5.75 Å². The largest absolute Gasteiger partial charge is 0.492 e. The van der Waals surface area contributed by atoms with Gasteiger partial charge >= 0.3 is 5.97 Å². The number of carboxylic acid groups (broad SMARTS) is 1. The van der Waals surface area contributed by atoms with E-state index < -0.39 is 5.97 Å². The summed E-state index contributed by atoms with van der Waals surface area (Å²) in [7, 11) is 0. The third-order valence-corrected chi connectivity index (χ3v) is 4.56. The average molecular weight is 341 g/mol. The first kappa shape index (κ1) is 17.4. The van der Waals surface area contributed by atoms with Gasteiger partial charge in [-0.15, -0.1) is 0 Å². The summed E-state index contributed by atoms with van der Waals surface area (Å²) in [5.74, 6) is 0.742. The Morgan fingerprint density at radius 2 is 2.00 bits per heavy atom. The lowest BCUT2D eigenvalue weighted by Crippen LogP contribution is -2.36. The van der Waals surface area contributed by atoms with Crippen molar-refractivity contribution in [3.05, 3.63) is 53.6 Å². The second-order valence-electron chi connectivity index (χ2n) is 6.30. The predicted molar refractivity (Wildman–Crippen MR) is 94.1 cm³/mol. The van der Waals surface area contributed by atoms with Crippen molar-refractivity contribution in [2.24, 2.45) is 0 Å². The Bertz CT molecular complexity index is 713. The van der Waals surface area contributed by atoms with Gasteiger partial charge in [0.2, 0.25) is 0 Å². The van der Waals surface area contributed by atoms with E-state index in [1.165, 1.54) is 6.20 Å². The van der Waals surface area contributed by atoms with Gasteiger partial charge in [0, 0.05) is 18.7 Å². The van der Waals surface area contributed by atoms with Gasteiger partial charge in [0.1, 0.15) is 18.2 Å². The Balaban J connectivity index is 1.52. The Morgan fingerprint density at radius 1 is 1.28 bits per heavy atom. The van der Waals surface area contributed by atoms with Gasteiger partial charge in [-0.05, 0) is 45.0 Å².